The molecule has 1 aliphatic rings. The van der Waals surface area contributed by atoms with Crippen LogP contribution in [0.15, 0.2) is 0 Å². The first-order chi connectivity index (χ1) is 5.14. The first kappa shape index (κ1) is 9.00. The van der Waals surface area contributed by atoms with E-state index in [0.717, 1.165) is 13.1 Å². The average molecular weight is 176 g/mol. The standard InChI is InChI=1S/C7H14NO2S/c1-2-3-11(9,10)6-7-4-8-5-7/h3,7-8H,2,4-6H2,1H3. The van der Waals surface area contributed by atoms with Gasteiger partial charge in [0.15, 0.2) is 9.84 Å². The first-order valence-corrected chi connectivity index (χ1v) is 5.62. The molecular formula is C7H14NO2S. The van der Waals surface area contributed by atoms with Crippen LogP contribution < -0.4 is 5.32 Å². The fourth-order valence-electron chi connectivity index (χ4n) is 1.12. The number of sulfone groups is 1. The molecule has 0 bridgehead atoms. The van der Waals surface area contributed by atoms with Crippen molar-refractivity contribution in [1.82, 2.24) is 5.32 Å². The van der Waals surface area contributed by atoms with Gasteiger partial charge in [-0.3, -0.25) is 0 Å². The van der Waals surface area contributed by atoms with E-state index in [1.807, 2.05) is 6.92 Å². The number of rotatable bonds is 4. The van der Waals surface area contributed by atoms with Gasteiger partial charge in [0.25, 0.3) is 0 Å². The molecule has 0 spiro atoms. The summed E-state index contributed by atoms with van der Waals surface area (Å²) in [5.41, 5.74) is 0. The summed E-state index contributed by atoms with van der Waals surface area (Å²) in [4.78, 5) is 0. The van der Waals surface area contributed by atoms with Gasteiger partial charge < -0.3 is 5.32 Å². The molecule has 65 valence electrons. The second-order valence-electron chi connectivity index (χ2n) is 2.93. The molecule has 4 heteroatoms. The molecule has 1 aliphatic heterocycles. The Balaban J connectivity index is 2.33. The Kier molecular flexibility index (Phi) is 2.90. The van der Waals surface area contributed by atoms with Crippen molar-refractivity contribution in [2.75, 3.05) is 18.8 Å². The zero-order chi connectivity index (χ0) is 8.32. The van der Waals surface area contributed by atoms with Crippen molar-refractivity contribution in [1.29, 1.82) is 0 Å². The summed E-state index contributed by atoms with van der Waals surface area (Å²) in [6.45, 7) is 3.56. The smallest absolute Gasteiger partial charge is 0.154 e. The van der Waals surface area contributed by atoms with Crippen LogP contribution in [-0.2, 0) is 9.84 Å². The molecule has 0 aromatic rings. The van der Waals surface area contributed by atoms with Crippen molar-refractivity contribution < 1.29 is 8.42 Å². The third kappa shape index (κ3) is 2.79. The van der Waals surface area contributed by atoms with Crippen molar-refractivity contribution in [3.63, 3.8) is 0 Å². The maximum atomic E-state index is 11.2. The zero-order valence-electron chi connectivity index (χ0n) is 6.71. The fraction of sp³-hybridized carbons (Fsp3) is 0.857. The van der Waals surface area contributed by atoms with Crippen LogP contribution >= 0.6 is 0 Å². The molecule has 11 heavy (non-hydrogen) atoms. The normalized spacial score (nSPS) is 19.7. The highest BCUT2D eigenvalue weighted by molar-refractivity contribution is 7.93. The lowest BCUT2D eigenvalue weighted by Crippen LogP contribution is -2.45. The molecule has 1 radical (unpaired) electrons. The van der Waals surface area contributed by atoms with E-state index in [0.29, 0.717) is 18.1 Å². The molecule has 1 rings (SSSR count). The number of nitrogens with one attached hydrogen (secondary N) is 1. The lowest BCUT2D eigenvalue weighted by molar-refractivity contribution is 0.379. The Labute approximate surface area is 68.1 Å². The van der Waals surface area contributed by atoms with Gasteiger partial charge in [0, 0.05) is 13.1 Å². The minimum Gasteiger partial charge on any atom is -0.316 e. The monoisotopic (exact) mass is 176 g/mol. The molecule has 0 saturated carbocycles. The van der Waals surface area contributed by atoms with Crippen LogP contribution in [0.3, 0.4) is 0 Å². The SMILES string of the molecule is CC[CH]S(=O)(=O)CC1CNC1. The van der Waals surface area contributed by atoms with Crippen molar-refractivity contribution in [3.05, 3.63) is 5.75 Å². The zero-order valence-corrected chi connectivity index (χ0v) is 7.52. The van der Waals surface area contributed by atoms with Gasteiger partial charge in [-0.05, 0) is 12.3 Å². The van der Waals surface area contributed by atoms with Crippen LogP contribution in [0.5, 0.6) is 0 Å². The van der Waals surface area contributed by atoms with Gasteiger partial charge in [0.2, 0.25) is 0 Å². The summed E-state index contributed by atoms with van der Waals surface area (Å²) in [5, 5.41) is 3.05. The molecule has 0 atom stereocenters. The predicted molar refractivity (Wildman–Crippen MR) is 44.7 cm³/mol. The third-order valence-electron chi connectivity index (χ3n) is 1.75. The summed E-state index contributed by atoms with van der Waals surface area (Å²) in [7, 11) is -2.86. The fourth-order valence-corrected chi connectivity index (χ4v) is 2.65. The van der Waals surface area contributed by atoms with Crippen LogP contribution in [0.25, 0.3) is 0 Å². The predicted octanol–water partition coefficient (Wildman–Crippen LogP) is 0.192. The van der Waals surface area contributed by atoms with Crippen LogP contribution in [0, 0.1) is 11.7 Å². The van der Waals surface area contributed by atoms with Crippen molar-refractivity contribution in [3.8, 4) is 0 Å². The van der Waals surface area contributed by atoms with Crippen LogP contribution in [0.1, 0.15) is 13.3 Å². The third-order valence-corrected chi connectivity index (χ3v) is 3.53. The Morgan fingerprint density at radius 3 is 2.55 bits per heavy atom. The van der Waals surface area contributed by atoms with E-state index >= 15 is 0 Å². The largest absolute Gasteiger partial charge is 0.316 e. The highest BCUT2D eigenvalue weighted by Crippen LogP contribution is 2.10. The second kappa shape index (κ2) is 3.54. The molecule has 1 heterocycles. The van der Waals surface area contributed by atoms with E-state index in [2.05, 4.69) is 5.32 Å². The molecule has 0 unspecified atom stereocenters. The molecule has 3 nitrogen and oxygen atoms in total. The van der Waals surface area contributed by atoms with E-state index in [1.165, 1.54) is 5.75 Å². The van der Waals surface area contributed by atoms with Crippen LogP contribution in [-0.4, -0.2) is 27.3 Å². The van der Waals surface area contributed by atoms with E-state index in [4.69, 9.17) is 0 Å². The molecule has 0 aliphatic carbocycles. The summed E-state index contributed by atoms with van der Waals surface area (Å²) >= 11 is 0. The van der Waals surface area contributed by atoms with Crippen molar-refractivity contribution in [2.45, 2.75) is 13.3 Å². The minimum atomic E-state index is -2.86. The minimum absolute atomic E-state index is 0.327. The van der Waals surface area contributed by atoms with Crippen molar-refractivity contribution >= 4 is 9.84 Å². The quantitative estimate of drug-likeness (QED) is 0.665. The van der Waals surface area contributed by atoms with Gasteiger partial charge in [-0.2, -0.15) is 0 Å². The second-order valence-corrected chi connectivity index (χ2v) is 4.92. The number of hydrogen-bond acceptors (Lipinski definition) is 3. The molecule has 0 aromatic carbocycles. The Bertz CT molecular complexity index is 206. The lowest BCUT2D eigenvalue weighted by atomic mass is 10.1. The van der Waals surface area contributed by atoms with Gasteiger partial charge in [-0.25, -0.2) is 8.42 Å². The summed E-state index contributed by atoms with van der Waals surface area (Å²) in [5.74, 6) is 2.09. The Morgan fingerprint density at radius 2 is 2.18 bits per heavy atom. The van der Waals surface area contributed by atoms with E-state index < -0.39 is 9.84 Å². The van der Waals surface area contributed by atoms with E-state index in [9.17, 15) is 8.42 Å². The molecule has 1 N–H and O–H groups in total. The molecule has 1 fully saturated rings. The van der Waals surface area contributed by atoms with Gasteiger partial charge in [-0.1, -0.05) is 6.92 Å². The van der Waals surface area contributed by atoms with Gasteiger partial charge in [0.05, 0.1) is 11.5 Å². The average Bonchev–Trinajstić information content (AvgIpc) is 1.79. The van der Waals surface area contributed by atoms with Crippen LogP contribution in [0.2, 0.25) is 0 Å². The van der Waals surface area contributed by atoms with Crippen molar-refractivity contribution in [2.24, 2.45) is 5.92 Å². The molecule has 0 aromatic heterocycles. The van der Waals surface area contributed by atoms with Crippen LogP contribution in [0.4, 0.5) is 0 Å². The van der Waals surface area contributed by atoms with E-state index in [1.54, 1.807) is 0 Å². The summed E-state index contributed by atoms with van der Waals surface area (Å²) in [6, 6.07) is 0. The maximum absolute atomic E-state index is 11.2. The Morgan fingerprint density at radius 1 is 1.55 bits per heavy atom. The highest BCUT2D eigenvalue weighted by atomic mass is 32.2. The highest BCUT2D eigenvalue weighted by Gasteiger charge is 2.23. The molecule has 0 amide bonds. The number of hydrogen-bond donors (Lipinski definition) is 1. The summed E-state index contributed by atoms with van der Waals surface area (Å²) in [6.07, 6.45) is 0.614. The topological polar surface area (TPSA) is 46.2 Å². The lowest BCUT2D eigenvalue weighted by Gasteiger charge is -2.26. The van der Waals surface area contributed by atoms with E-state index in [-0.39, 0.29) is 0 Å². The van der Waals surface area contributed by atoms with Gasteiger partial charge >= 0.3 is 0 Å². The maximum Gasteiger partial charge on any atom is 0.154 e. The molecule has 1 saturated heterocycles. The van der Waals surface area contributed by atoms with Gasteiger partial charge in [-0.15, -0.1) is 0 Å². The van der Waals surface area contributed by atoms with Gasteiger partial charge in [0.1, 0.15) is 0 Å². The summed E-state index contributed by atoms with van der Waals surface area (Å²) < 4.78 is 22.3. The molecular weight excluding hydrogens is 162 g/mol. The first-order valence-electron chi connectivity index (χ1n) is 3.90. The Hall–Kier alpha value is -0.0900.